The van der Waals surface area contributed by atoms with Crippen LogP contribution in [0.4, 0.5) is 5.13 Å². The molecule has 0 fully saturated rings. The summed E-state index contributed by atoms with van der Waals surface area (Å²) in [6.07, 6.45) is 0. The molecule has 0 unspecified atom stereocenters. The minimum Gasteiger partial charge on any atom is -0.296 e. The molecule has 0 spiro atoms. The highest BCUT2D eigenvalue weighted by atomic mass is 32.2. The van der Waals surface area contributed by atoms with Crippen molar-refractivity contribution in [1.82, 2.24) is 10.2 Å². The molecule has 1 N–H and O–H groups in total. The van der Waals surface area contributed by atoms with Crippen molar-refractivity contribution >= 4 is 34.1 Å². The van der Waals surface area contributed by atoms with E-state index >= 15 is 0 Å². The number of amides is 1. The molecule has 0 bridgehead atoms. The van der Waals surface area contributed by atoms with E-state index in [1.54, 1.807) is 23.9 Å². The van der Waals surface area contributed by atoms with E-state index in [4.69, 9.17) is 5.26 Å². The number of anilines is 1. The number of carbonyl (C=O) groups is 1. The van der Waals surface area contributed by atoms with Crippen LogP contribution >= 0.6 is 23.1 Å². The van der Waals surface area contributed by atoms with Gasteiger partial charge in [0.1, 0.15) is 0 Å². The zero-order valence-electron chi connectivity index (χ0n) is 15.0. The molecule has 3 rings (SSSR count). The predicted molar refractivity (Wildman–Crippen MR) is 109 cm³/mol. The standard InChI is InChI=1S/C20H18N4OS2/c1-13(2)16-7-9-17(10-8-16)18(25)22-19-23-24-20(27-19)26-12-15-5-3-14(11-21)4-6-15/h3-10,13H,12H2,1-2H3,(H,22,23,25). The Hall–Kier alpha value is -2.69. The van der Waals surface area contributed by atoms with Crippen LogP contribution in [-0.2, 0) is 5.75 Å². The maximum atomic E-state index is 12.3. The molecule has 0 aliphatic rings. The van der Waals surface area contributed by atoms with Gasteiger partial charge in [-0.15, -0.1) is 10.2 Å². The molecule has 0 aliphatic heterocycles. The Morgan fingerprint density at radius 3 is 2.48 bits per heavy atom. The van der Waals surface area contributed by atoms with Crippen LogP contribution in [0.15, 0.2) is 52.9 Å². The first-order chi connectivity index (χ1) is 13.0. The lowest BCUT2D eigenvalue weighted by atomic mass is 10.0. The first kappa shape index (κ1) is 19.1. The maximum absolute atomic E-state index is 12.3. The highest BCUT2D eigenvalue weighted by Gasteiger charge is 2.11. The maximum Gasteiger partial charge on any atom is 0.257 e. The monoisotopic (exact) mass is 394 g/mol. The average molecular weight is 395 g/mol. The third kappa shape index (κ3) is 5.16. The number of hydrogen-bond acceptors (Lipinski definition) is 6. The summed E-state index contributed by atoms with van der Waals surface area (Å²) in [4.78, 5) is 12.3. The summed E-state index contributed by atoms with van der Waals surface area (Å²) in [6.45, 7) is 4.24. The smallest absolute Gasteiger partial charge is 0.257 e. The summed E-state index contributed by atoms with van der Waals surface area (Å²) in [5, 5.41) is 20.3. The number of nitrogens with one attached hydrogen (secondary N) is 1. The van der Waals surface area contributed by atoms with Crippen molar-refractivity contribution < 1.29 is 4.79 Å². The van der Waals surface area contributed by atoms with Crippen molar-refractivity contribution in [3.05, 3.63) is 70.8 Å². The summed E-state index contributed by atoms with van der Waals surface area (Å²) in [6, 6.07) is 17.1. The number of nitriles is 1. The van der Waals surface area contributed by atoms with Gasteiger partial charge in [0.15, 0.2) is 4.34 Å². The van der Waals surface area contributed by atoms with Crippen LogP contribution in [0.2, 0.25) is 0 Å². The topological polar surface area (TPSA) is 78.7 Å². The SMILES string of the molecule is CC(C)c1ccc(C(=O)Nc2nnc(SCc3ccc(C#N)cc3)s2)cc1. The van der Waals surface area contributed by atoms with Crippen molar-refractivity contribution in [2.45, 2.75) is 29.9 Å². The summed E-state index contributed by atoms with van der Waals surface area (Å²) >= 11 is 2.89. The number of aromatic nitrogens is 2. The molecule has 5 nitrogen and oxygen atoms in total. The normalized spacial score (nSPS) is 10.6. The summed E-state index contributed by atoms with van der Waals surface area (Å²) in [5.41, 5.74) is 3.54. The Morgan fingerprint density at radius 2 is 1.85 bits per heavy atom. The highest BCUT2D eigenvalue weighted by Crippen LogP contribution is 2.28. The second-order valence-corrected chi connectivity index (χ2v) is 8.40. The second kappa shape index (κ2) is 8.80. The van der Waals surface area contributed by atoms with Gasteiger partial charge in [0, 0.05) is 11.3 Å². The molecule has 3 aromatic rings. The van der Waals surface area contributed by atoms with E-state index < -0.39 is 0 Å². The zero-order valence-corrected chi connectivity index (χ0v) is 16.6. The van der Waals surface area contributed by atoms with Gasteiger partial charge in [-0.2, -0.15) is 5.26 Å². The Kier molecular flexibility index (Phi) is 6.22. The lowest BCUT2D eigenvalue weighted by Gasteiger charge is -2.06. The number of carbonyl (C=O) groups excluding carboxylic acids is 1. The third-order valence-electron chi connectivity index (χ3n) is 3.91. The largest absolute Gasteiger partial charge is 0.296 e. The predicted octanol–water partition coefficient (Wildman–Crippen LogP) is 5.08. The lowest BCUT2D eigenvalue weighted by Crippen LogP contribution is -2.11. The van der Waals surface area contributed by atoms with Gasteiger partial charge in [0.25, 0.3) is 5.91 Å². The van der Waals surface area contributed by atoms with Crippen LogP contribution in [0.5, 0.6) is 0 Å². The van der Waals surface area contributed by atoms with E-state index in [9.17, 15) is 4.79 Å². The Morgan fingerprint density at radius 1 is 1.15 bits per heavy atom. The number of hydrogen-bond donors (Lipinski definition) is 1. The molecule has 0 aliphatic carbocycles. The molecule has 27 heavy (non-hydrogen) atoms. The highest BCUT2D eigenvalue weighted by molar-refractivity contribution is 8.00. The zero-order chi connectivity index (χ0) is 19.2. The van der Waals surface area contributed by atoms with Gasteiger partial charge in [-0.25, -0.2) is 0 Å². The number of thioether (sulfide) groups is 1. The van der Waals surface area contributed by atoms with E-state index in [0.717, 1.165) is 15.7 Å². The van der Waals surface area contributed by atoms with Gasteiger partial charge >= 0.3 is 0 Å². The van der Waals surface area contributed by atoms with Gasteiger partial charge in [-0.3, -0.25) is 10.1 Å². The number of benzene rings is 2. The van der Waals surface area contributed by atoms with E-state index in [2.05, 4.69) is 35.4 Å². The van der Waals surface area contributed by atoms with Crippen LogP contribution in [-0.4, -0.2) is 16.1 Å². The molecule has 1 amide bonds. The van der Waals surface area contributed by atoms with E-state index in [0.29, 0.717) is 22.2 Å². The fraction of sp³-hybridized carbons (Fsp3) is 0.200. The molecule has 0 atom stereocenters. The van der Waals surface area contributed by atoms with Crippen LogP contribution < -0.4 is 5.32 Å². The van der Waals surface area contributed by atoms with Gasteiger partial charge in [0.2, 0.25) is 5.13 Å². The second-order valence-electron chi connectivity index (χ2n) is 6.20. The third-order valence-corrected chi connectivity index (χ3v) is 5.95. The minimum atomic E-state index is -0.190. The van der Waals surface area contributed by atoms with Gasteiger partial charge < -0.3 is 0 Å². The van der Waals surface area contributed by atoms with Crippen molar-refractivity contribution in [3.8, 4) is 6.07 Å². The Labute approximate surface area is 166 Å². The van der Waals surface area contributed by atoms with Crippen molar-refractivity contribution in [2.24, 2.45) is 0 Å². The molecule has 7 heteroatoms. The molecular weight excluding hydrogens is 376 g/mol. The van der Waals surface area contributed by atoms with Gasteiger partial charge in [0.05, 0.1) is 11.6 Å². The fourth-order valence-electron chi connectivity index (χ4n) is 2.33. The van der Waals surface area contributed by atoms with Crippen molar-refractivity contribution in [2.75, 3.05) is 5.32 Å². The van der Waals surface area contributed by atoms with Crippen LogP contribution in [0.3, 0.4) is 0 Å². The van der Waals surface area contributed by atoms with Crippen molar-refractivity contribution in [1.29, 1.82) is 5.26 Å². The molecule has 0 saturated carbocycles. The molecule has 0 radical (unpaired) electrons. The lowest BCUT2D eigenvalue weighted by molar-refractivity contribution is 0.102. The molecule has 1 heterocycles. The molecule has 2 aromatic carbocycles. The summed E-state index contributed by atoms with van der Waals surface area (Å²) < 4.78 is 0.782. The summed E-state index contributed by atoms with van der Waals surface area (Å²) in [5.74, 6) is 0.969. The molecular formula is C20H18N4OS2. The summed E-state index contributed by atoms with van der Waals surface area (Å²) in [7, 11) is 0. The molecule has 0 saturated heterocycles. The Bertz CT molecular complexity index is 957. The fourth-order valence-corrected chi connectivity index (χ4v) is 4.03. The van der Waals surface area contributed by atoms with E-state index in [1.165, 1.54) is 16.9 Å². The first-order valence-corrected chi connectivity index (χ1v) is 10.2. The van der Waals surface area contributed by atoms with E-state index in [1.807, 2.05) is 36.4 Å². The average Bonchev–Trinajstić information content (AvgIpc) is 3.14. The van der Waals surface area contributed by atoms with Gasteiger partial charge in [-0.05, 0) is 41.3 Å². The minimum absolute atomic E-state index is 0.190. The quantitative estimate of drug-likeness (QED) is 0.466. The van der Waals surface area contributed by atoms with Gasteiger partial charge in [-0.1, -0.05) is 61.2 Å². The number of nitrogens with zero attached hydrogens (tertiary/aromatic N) is 3. The van der Waals surface area contributed by atoms with Crippen LogP contribution in [0, 0.1) is 11.3 Å². The molecule has 1 aromatic heterocycles. The molecule has 136 valence electrons. The van der Waals surface area contributed by atoms with Crippen LogP contribution in [0.1, 0.15) is 46.8 Å². The van der Waals surface area contributed by atoms with Crippen LogP contribution in [0.25, 0.3) is 0 Å². The Balaban J connectivity index is 1.56. The number of rotatable bonds is 6. The van der Waals surface area contributed by atoms with E-state index in [-0.39, 0.29) is 5.91 Å². The first-order valence-electron chi connectivity index (χ1n) is 8.42. The van der Waals surface area contributed by atoms with Crippen molar-refractivity contribution in [3.63, 3.8) is 0 Å².